The van der Waals surface area contributed by atoms with Gasteiger partial charge in [0.05, 0.1) is 13.2 Å². The SMILES string of the molecule is COc1ccccc1C(O)CNC1CCN(c2ccccc2)CC1. The predicted octanol–water partition coefficient (Wildman–Crippen LogP) is 2.99. The first kappa shape index (κ1) is 16.8. The summed E-state index contributed by atoms with van der Waals surface area (Å²) in [6.45, 7) is 2.65. The quantitative estimate of drug-likeness (QED) is 0.856. The number of ether oxygens (including phenoxy) is 1. The van der Waals surface area contributed by atoms with Crippen molar-refractivity contribution in [3.05, 3.63) is 60.2 Å². The summed E-state index contributed by atoms with van der Waals surface area (Å²) in [7, 11) is 1.64. The van der Waals surface area contributed by atoms with Crippen LogP contribution in [0, 0.1) is 0 Å². The van der Waals surface area contributed by atoms with Crippen molar-refractivity contribution in [3.8, 4) is 5.75 Å². The minimum atomic E-state index is -0.548. The maximum atomic E-state index is 10.4. The zero-order chi connectivity index (χ0) is 16.8. The number of aliphatic hydroxyl groups is 1. The van der Waals surface area contributed by atoms with E-state index in [0.717, 1.165) is 37.2 Å². The van der Waals surface area contributed by atoms with Gasteiger partial charge < -0.3 is 20.1 Å². The van der Waals surface area contributed by atoms with Crippen LogP contribution in [0.4, 0.5) is 5.69 Å². The molecule has 0 spiro atoms. The Morgan fingerprint density at radius 1 is 1.08 bits per heavy atom. The van der Waals surface area contributed by atoms with Crippen molar-refractivity contribution >= 4 is 5.69 Å². The standard InChI is InChI=1S/C20H26N2O2/c1-24-20-10-6-5-9-18(20)19(23)15-21-16-11-13-22(14-12-16)17-7-3-2-4-8-17/h2-10,16,19,21,23H,11-15H2,1H3. The average Bonchev–Trinajstić information content (AvgIpc) is 2.67. The van der Waals surface area contributed by atoms with Crippen LogP contribution in [0.2, 0.25) is 0 Å². The number of nitrogens with zero attached hydrogens (tertiary/aromatic N) is 1. The van der Waals surface area contributed by atoms with Crippen molar-refractivity contribution in [2.45, 2.75) is 25.0 Å². The summed E-state index contributed by atoms with van der Waals surface area (Å²) in [5.41, 5.74) is 2.14. The summed E-state index contributed by atoms with van der Waals surface area (Å²) in [4.78, 5) is 2.43. The summed E-state index contributed by atoms with van der Waals surface area (Å²) in [5, 5.41) is 14.0. The summed E-state index contributed by atoms with van der Waals surface area (Å²) in [5.74, 6) is 0.741. The largest absolute Gasteiger partial charge is 0.496 e. The third-order valence-electron chi connectivity index (χ3n) is 4.71. The Morgan fingerprint density at radius 3 is 2.46 bits per heavy atom. The van der Waals surface area contributed by atoms with Gasteiger partial charge in [0.15, 0.2) is 0 Å². The topological polar surface area (TPSA) is 44.7 Å². The van der Waals surface area contributed by atoms with Gasteiger partial charge in [-0.2, -0.15) is 0 Å². The lowest BCUT2D eigenvalue weighted by Gasteiger charge is -2.34. The Labute approximate surface area is 144 Å². The van der Waals surface area contributed by atoms with Crippen LogP contribution < -0.4 is 15.0 Å². The van der Waals surface area contributed by atoms with Gasteiger partial charge in [0.25, 0.3) is 0 Å². The number of para-hydroxylation sites is 2. The minimum Gasteiger partial charge on any atom is -0.496 e. The zero-order valence-electron chi connectivity index (χ0n) is 14.2. The summed E-state index contributed by atoms with van der Waals surface area (Å²) >= 11 is 0. The molecule has 0 saturated carbocycles. The van der Waals surface area contributed by atoms with Crippen LogP contribution in [0.5, 0.6) is 5.75 Å². The first-order valence-electron chi connectivity index (χ1n) is 8.62. The van der Waals surface area contributed by atoms with Gasteiger partial charge in [-0.25, -0.2) is 0 Å². The summed E-state index contributed by atoms with van der Waals surface area (Å²) < 4.78 is 5.33. The Kier molecular flexibility index (Phi) is 5.72. The van der Waals surface area contributed by atoms with Gasteiger partial charge in [0, 0.05) is 36.9 Å². The molecule has 1 aliphatic heterocycles. The van der Waals surface area contributed by atoms with E-state index in [1.807, 2.05) is 24.3 Å². The van der Waals surface area contributed by atoms with Crippen molar-refractivity contribution < 1.29 is 9.84 Å². The van der Waals surface area contributed by atoms with Crippen LogP contribution in [0.15, 0.2) is 54.6 Å². The highest BCUT2D eigenvalue weighted by atomic mass is 16.5. The molecule has 1 fully saturated rings. The fourth-order valence-electron chi connectivity index (χ4n) is 3.31. The molecule has 0 aromatic heterocycles. The van der Waals surface area contributed by atoms with Gasteiger partial charge in [-0.15, -0.1) is 0 Å². The molecule has 0 aliphatic carbocycles. The third-order valence-corrected chi connectivity index (χ3v) is 4.71. The smallest absolute Gasteiger partial charge is 0.124 e. The van der Waals surface area contributed by atoms with Crippen molar-refractivity contribution in [2.24, 2.45) is 0 Å². The zero-order valence-corrected chi connectivity index (χ0v) is 14.2. The molecule has 1 heterocycles. The van der Waals surface area contributed by atoms with E-state index in [4.69, 9.17) is 4.74 Å². The molecule has 1 unspecified atom stereocenters. The molecular formula is C20H26N2O2. The van der Waals surface area contributed by atoms with Crippen molar-refractivity contribution in [1.29, 1.82) is 0 Å². The first-order chi connectivity index (χ1) is 11.8. The van der Waals surface area contributed by atoms with Crippen LogP contribution in [0.25, 0.3) is 0 Å². The molecule has 0 bridgehead atoms. The second-order valence-corrected chi connectivity index (χ2v) is 6.26. The number of rotatable bonds is 6. The van der Waals surface area contributed by atoms with Crippen molar-refractivity contribution in [3.63, 3.8) is 0 Å². The number of methoxy groups -OCH3 is 1. The molecule has 1 atom stereocenters. The van der Waals surface area contributed by atoms with E-state index in [-0.39, 0.29) is 0 Å². The molecule has 3 rings (SSSR count). The molecule has 0 radical (unpaired) electrons. The molecule has 128 valence electrons. The van der Waals surface area contributed by atoms with E-state index in [2.05, 4.69) is 40.5 Å². The number of piperidine rings is 1. The first-order valence-corrected chi connectivity index (χ1v) is 8.62. The van der Waals surface area contributed by atoms with E-state index in [1.54, 1.807) is 7.11 Å². The minimum absolute atomic E-state index is 0.453. The molecule has 4 nitrogen and oxygen atoms in total. The number of anilines is 1. The van der Waals surface area contributed by atoms with Crippen molar-refractivity contribution in [1.82, 2.24) is 5.32 Å². The van der Waals surface area contributed by atoms with Crippen LogP contribution in [-0.2, 0) is 0 Å². The molecule has 1 aliphatic rings. The maximum absolute atomic E-state index is 10.4. The van der Waals surface area contributed by atoms with Crippen LogP contribution in [0.1, 0.15) is 24.5 Å². The number of hydrogen-bond donors (Lipinski definition) is 2. The molecule has 2 aromatic rings. The number of benzene rings is 2. The van der Waals surface area contributed by atoms with Gasteiger partial charge in [-0.05, 0) is 31.0 Å². The molecule has 0 amide bonds. The predicted molar refractivity (Wildman–Crippen MR) is 97.6 cm³/mol. The Hall–Kier alpha value is -2.04. The lowest BCUT2D eigenvalue weighted by Crippen LogP contribution is -2.43. The van der Waals surface area contributed by atoms with E-state index in [0.29, 0.717) is 12.6 Å². The van der Waals surface area contributed by atoms with E-state index in [1.165, 1.54) is 5.69 Å². The second-order valence-electron chi connectivity index (χ2n) is 6.26. The molecule has 1 saturated heterocycles. The Balaban J connectivity index is 1.48. The van der Waals surface area contributed by atoms with Gasteiger partial charge in [-0.1, -0.05) is 36.4 Å². The highest BCUT2D eigenvalue weighted by Crippen LogP contribution is 2.25. The Bertz CT molecular complexity index is 625. The van der Waals surface area contributed by atoms with Crippen LogP contribution in [-0.4, -0.2) is 37.9 Å². The molecule has 2 aromatic carbocycles. The van der Waals surface area contributed by atoms with E-state index < -0.39 is 6.10 Å². The maximum Gasteiger partial charge on any atom is 0.124 e. The van der Waals surface area contributed by atoms with Crippen LogP contribution >= 0.6 is 0 Å². The highest BCUT2D eigenvalue weighted by molar-refractivity contribution is 5.46. The fourth-order valence-corrected chi connectivity index (χ4v) is 3.31. The lowest BCUT2D eigenvalue weighted by atomic mass is 10.0. The monoisotopic (exact) mass is 326 g/mol. The Morgan fingerprint density at radius 2 is 1.75 bits per heavy atom. The van der Waals surface area contributed by atoms with Gasteiger partial charge >= 0.3 is 0 Å². The number of hydrogen-bond acceptors (Lipinski definition) is 4. The van der Waals surface area contributed by atoms with Gasteiger partial charge in [0.1, 0.15) is 5.75 Å². The third kappa shape index (κ3) is 4.08. The number of aliphatic hydroxyl groups excluding tert-OH is 1. The highest BCUT2D eigenvalue weighted by Gasteiger charge is 2.20. The lowest BCUT2D eigenvalue weighted by molar-refractivity contribution is 0.163. The normalized spacial score (nSPS) is 16.8. The molecule has 4 heteroatoms. The average molecular weight is 326 g/mol. The number of nitrogens with one attached hydrogen (secondary N) is 1. The van der Waals surface area contributed by atoms with Crippen molar-refractivity contribution in [2.75, 3.05) is 31.6 Å². The molecule has 24 heavy (non-hydrogen) atoms. The van der Waals surface area contributed by atoms with Gasteiger partial charge in [-0.3, -0.25) is 0 Å². The van der Waals surface area contributed by atoms with Crippen LogP contribution in [0.3, 0.4) is 0 Å². The van der Waals surface area contributed by atoms with E-state index >= 15 is 0 Å². The second kappa shape index (κ2) is 8.18. The summed E-state index contributed by atoms with van der Waals surface area (Å²) in [6, 6.07) is 18.7. The molecular weight excluding hydrogens is 300 g/mol. The van der Waals surface area contributed by atoms with Gasteiger partial charge in [0.2, 0.25) is 0 Å². The summed E-state index contributed by atoms with van der Waals surface area (Å²) in [6.07, 6.45) is 1.63. The fraction of sp³-hybridized carbons (Fsp3) is 0.400. The molecule has 2 N–H and O–H groups in total. The van der Waals surface area contributed by atoms with E-state index in [9.17, 15) is 5.11 Å².